The molecule has 4 rings (SSSR count). The van der Waals surface area contributed by atoms with Gasteiger partial charge in [0.05, 0.1) is 23.8 Å². The fourth-order valence-corrected chi connectivity index (χ4v) is 5.47. The smallest absolute Gasteiger partial charge is 0.416 e. The van der Waals surface area contributed by atoms with Crippen LogP contribution in [0.2, 0.25) is 5.02 Å². The number of hydrogen-bond acceptors (Lipinski definition) is 5. The Bertz CT molecular complexity index is 1330. The molecule has 0 bridgehead atoms. The standard InChI is InChI=1S/C29H32ClF3N4O4/c1-4-36-23(17-35-14-15-37(18(3)16-35)26(38)19-10-12-20(30)13-11-19)24(27(39)41-5-2)25(34-28(36)40)21-8-6-7-9-22(21)29(31,32)33/h6-13,18,25H,4-5,14-17H2,1-3H3,(H,34,40)/t18-,25-/m1/s1. The monoisotopic (exact) mass is 592 g/mol. The van der Waals surface area contributed by atoms with E-state index in [4.69, 9.17) is 16.3 Å². The van der Waals surface area contributed by atoms with Crippen molar-refractivity contribution in [3.63, 3.8) is 0 Å². The van der Waals surface area contributed by atoms with E-state index in [-0.39, 0.29) is 48.5 Å². The van der Waals surface area contributed by atoms with Crippen molar-refractivity contribution in [2.45, 2.75) is 39.0 Å². The third kappa shape index (κ3) is 6.51. The first-order valence-electron chi connectivity index (χ1n) is 13.4. The number of amides is 3. The van der Waals surface area contributed by atoms with Crippen LogP contribution in [0.5, 0.6) is 0 Å². The van der Waals surface area contributed by atoms with Crippen molar-refractivity contribution in [1.82, 2.24) is 20.0 Å². The summed E-state index contributed by atoms with van der Waals surface area (Å²) >= 11 is 5.95. The van der Waals surface area contributed by atoms with Gasteiger partial charge in [-0.15, -0.1) is 0 Å². The predicted octanol–water partition coefficient (Wildman–Crippen LogP) is 5.11. The van der Waals surface area contributed by atoms with Crippen LogP contribution in [0.15, 0.2) is 59.8 Å². The number of carbonyl (C=O) groups is 3. The van der Waals surface area contributed by atoms with E-state index in [9.17, 15) is 27.6 Å². The van der Waals surface area contributed by atoms with E-state index < -0.39 is 29.8 Å². The number of carbonyl (C=O) groups excluding carboxylic acids is 3. The Balaban J connectivity index is 1.68. The zero-order valence-electron chi connectivity index (χ0n) is 23.0. The summed E-state index contributed by atoms with van der Waals surface area (Å²) in [5, 5.41) is 3.13. The summed E-state index contributed by atoms with van der Waals surface area (Å²) in [6.07, 6.45) is -4.70. The Morgan fingerprint density at radius 1 is 1.07 bits per heavy atom. The number of alkyl halides is 3. The summed E-state index contributed by atoms with van der Waals surface area (Å²) in [5.74, 6) is -0.941. The van der Waals surface area contributed by atoms with E-state index in [1.54, 1.807) is 43.0 Å². The van der Waals surface area contributed by atoms with Crippen LogP contribution in [0.25, 0.3) is 0 Å². The summed E-state index contributed by atoms with van der Waals surface area (Å²) in [4.78, 5) is 44.7. The van der Waals surface area contributed by atoms with E-state index in [0.717, 1.165) is 6.07 Å². The van der Waals surface area contributed by atoms with Crippen molar-refractivity contribution in [2.75, 3.05) is 39.3 Å². The number of rotatable bonds is 7. The molecule has 1 N–H and O–H groups in total. The topological polar surface area (TPSA) is 82.2 Å². The Kier molecular flexibility index (Phi) is 9.28. The Labute approximate surface area is 241 Å². The van der Waals surface area contributed by atoms with Crippen LogP contribution >= 0.6 is 11.6 Å². The number of nitrogens with zero attached hydrogens (tertiary/aromatic N) is 3. The second kappa shape index (κ2) is 12.5. The number of ether oxygens (including phenoxy) is 1. The number of nitrogens with one attached hydrogen (secondary N) is 1. The van der Waals surface area contributed by atoms with Crippen molar-refractivity contribution in [1.29, 1.82) is 0 Å². The number of urea groups is 1. The summed E-state index contributed by atoms with van der Waals surface area (Å²) in [5.41, 5.74) is -0.441. The van der Waals surface area contributed by atoms with Crippen LogP contribution in [0.3, 0.4) is 0 Å². The van der Waals surface area contributed by atoms with Crippen LogP contribution in [-0.2, 0) is 15.7 Å². The molecular weight excluding hydrogens is 561 g/mol. The molecule has 2 atom stereocenters. The molecule has 2 aliphatic rings. The van der Waals surface area contributed by atoms with Crippen molar-refractivity contribution in [3.8, 4) is 0 Å². The minimum absolute atomic E-state index is 0.00579. The highest BCUT2D eigenvalue weighted by atomic mass is 35.5. The summed E-state index contributed by atoms with van der Waals surface area (Å²) in [6, 6.07) is 9.33. The molecule has 41 heavy (non-hydrogen) atoms. The first-order valence-corrected chi connectivity index (χ1v) is 13.8. The molecule has 2 aliphatic heterocycles. The number of piperazine rings is 1. The lowest BCUT2D eigenvalue weighted by Gasteiger charge is -2.43. The Morgan fingerprint density at radius 2 is 1.76 bits per heavy atom. The first-order chi connectivity index (χ1) is 19.5. The van der Waals surface area contributed by atoms with Crippen molar-refractivity contribution < 1.29 is 32.3 Å². The van der Waals surface area contributed by atoms with E-state index >= 15 is 0 Å². The molecule has 3 amide bonds. The van der Waals surface area contributed by atoms with E-state index in [1.807, 2.05) is 11.8 Å². The highest BCUT2D eigenvalue weighted by molar-refractivity contribution is 6.30. The molecular formula is C29H32ClF3N4O4. The maximum atomic E-state index is 14.0. The summed E-state index contributed by atoms with van der Waals surface area (Å²) in [7, 11) is 0. The summed E-state index contributed by atoms with van der Waals surface area (Å²) < 4.78 is 47.2. The van der Waals surface area contributed by atoms with Gasteiger partial charge in [0.1, 0.15) is 0 Å². The van der Waals surface area contributed by atoms with E-state index in [1.165, 1.54) is 23.1 Å². The highest BCUT2D eigenvalue weighted by Gasteiger charge is 2.43. The summed E-state index contributed by atoms with van der Waals surface area (Å²) in [6.45, 7) is 6.74. The van der Waals surface area contributed by atoms with Gasteiger partial charge in [-0.1, -0.05) is 29.8 Å². The number of halogens is 4. The molecule has 2 heterocycles. The second-order valence-electron chi connectivity index (χ2n) is 9.88. The largest absolute Gasteiger partial charge is 0.463 e. The third-order valence-corrected chi connectivity index (χ3v) is 7.52. The lowest BCUT2D eigenvalue weighted by atomic mass is 9.90. The van der Waals surface area contributed by atoms with Gasteiger partial charge >= 0.3 is 18.2 Å². The lowest BCUT2D eigenvalue weighted by Crippen LogP contribution is -2.56. The highest BCUT2D eigenvalue weighted by Crippen LogP contribution is 2.39. The van der Waals surface area contributed by atoms with Gasteiger partial charge in [-0.2, -0.15) is 13.2 Å². The number of likely N-dealkylation sites (N-methyl/N-ethyl adjacent to an activating group) is 1. The average molecular weight is 593 g/mol. The third-order valence-electron chi connectivity index (χ3n) is 7.26. The molecule has 0 radical (unpaired) electrons. The van der Waals surface area contributed by atoms with Crippen molar-refractivity contribution in [3.05, 3.63) is 81.5 Å². The van der Waals surface area contributed by atoms with Crippen LogP contribution in [0, 0.1) is 0 Å². The van der Waals surface area contributed by atoms with Crippen molar-refractivity contribution in [2.24, 2.45) is 0 Å². The van der Waals surface area contributed by atoms with Gasteiger partial charge in [0.25, 0.3) is 5.91 Å². The molecule has 0 unspecified atom stereocenters. The van der Waals surface area contributed by atoms with Gasteiger partial charge in [0.2, 0.25) is 0 Å². The van der Waals surface area contributed by atoms with Gasteiger partial charge in [-0.3, -0.25) is 14.6 Å². The molecule has 1 saturated heterocycles. The van der Waals surface area contributed by atoms with Gasteiger partial charge in [-0.25, -0.2) is 9.59 Å². The van der Waals surface area contributed by atoms with Crippen LogP contribution in [-0.4, -0.2) is 78.0 Å². The van der Waals surface area contributed by atoms with E-state index in [2.05, 4.69) is 5.32 Å². The van der Waals surface area contributed by atoms with Crippen molar-refractivity contribution >= 4 is 29.5 Å². The fraction of sp³-hybridized carbons (Fsp3) is 0.414. The molecule has 0 spiro atoms. The minimum atomic E-state index is -4.70. The molecule has 0 saturated carbocycles. The average Bonchev–Trinajstić information content (AvgIpc) is 2.92. The minimum Gasteiger partial charge on any atom is -0.463 e. The zero-order valence-corrected chi connectivity index (χ0v) is 23.8. The van der Waals surface area contributed by atoms with Gasteiger partial charge in [0, 0.05) is 55.0 Å². The van der Waals surface area contributed by atoms with Gasteiger partial charge in [-0.05, 0) is 56.7 Å². The molecule has 2 aromatic carbocycles. The van der Waals surface area contributed by atoms with Gasteiger partial charge in [0.15, 0.2) is 0 Å². The molecule has 8 nitrogen and oxygen atoms in total. The first kappa shape index (κ1) is 30.4. The molecule has 0 aromatic heterocycles. The van der Waals surface area contributed by atoms with Crippen LogP contribution in [0.4, 0.5) is 18.0 Å². The number of benzene rings is 2. The fourth-order valence-electron chi connectivity index (χ4n) is 5.35. The van der Waals surface area contributed by atoms with Gasteiger partial charge < -0.3 is 15.0 Å². The van der Waals surface area contributed by atoms with E-state index in [0.29, 0.717) is 30.2 Å². The van der Waals surface area contributed by atoms with Crippen LogP contribution in [0.1, 0.15) is 48.3 Å². The SMILES string of the molecule is CCOC(=O)C1=C(CN2CCN(C(=O)c3ccc(Cl)cc3)[C@H](C)C2)N(CC)C(=O)N[C@@H]1c1ccccc1C(F)(F)F. The molecule has 220 valence electrons. The quantitative estimate of drug-likeness (QED) is 0.452. The zero-order chi connectivity index (χ0) is 29.9. The Hall–Kier alpha value is -3.57. The normalized spacial score (nSPS) is 20.2. The van der Waals surface area contributed by atoms with Crippen LogP contribution < -0.4 is 5.32 Å². The number of esters is 1. The maximum Gasteiger partial charge on any atom is 0.416 e. The Morgan fingerprint density at radius 3 is 2.37 bits per heavy atom. The molecule has 12 heteroatoms. The molecule has 1 fully saturated rings. The lowest BCUT2D eigenvalue weighted by molar-refractivity contribution is -0.141. The molecule has 0 aliphatic carbocycles. The molecule has 2 aromatic rings. The maximum absolute atomic E-state index is 14.0. The number of hydrogen-bond donors (Lipinski definition) is 1. The second-order valence-corrected chi connectivity index (χ2v) is 10.3. The predicted molar refractivity (Wildman–Crippen MR) is 147 cm³/mol.